The highest BCUT2D eigenvalue weighted by molar-refractivity contribution is 8.00. The predicted octanol–water partition coefficient (Wildman–Crippen LogP) is 9.70. The monoisotopic (exact) mass is 786 g/mol. The minimum atomic E-state index is -5.63. The topological polar surface area (TPSA) is 56.3 Å². The van der Waals surface area contributed by atoms with Gasteiger partial charge in [0.25, 0.3) is 0 Å². The summed E-state index contributed by atoms with van der Waals surface area (Å²) in [6.45, 7) is 16.0. The molecule has 2 aliphatic carbocycles. The maximum atomic E-state index is 15.0. The summed E-state index contributed by atoms with van der Waals surface area (Å²) in [7, 11) is 0. The van der Waals surface area contributed by atoms with Crippen LogP contribution in [0, 0.1) is 66.0 Å². The van der Waals surface area contributed by atoms with Crippen molar-refractivity contribution >= 4 is 34.7 Å². The van der Waals surface area contributed by atoms with Crippen LogP contribution >= 0.6 is 23.5 Å². The number of nitriles is 2. The van der Waals surface area contributed by atoms with Gasteiger partial charge in [0.2, 0.25) is 0 Å². The largest absolute Gasteiger partial charge is 0.523 e. The van der Waals surface area contributed by atoms with Crippen LogP contribution in [0.25, 0.3) is 20.8 Å². The first-order chi connectivity index (χ1) is 24.6. The molecule has 0 saturated carbocycles. The Labute approximate surface area is 297 Å². The Kier molecular flexibility index (Phi) is 9.94. The third-order valence-corrected chi connectivity index (χ3v) is 9.82. The number of alkyl halides is 9. The van der Waals surface area contributed by atoms with Crippen molar-refractivity contribution in [3.63, 3.8) is 0 Å². The van der Waals surface area contributed by atoms with Gasteiger partial charge >= 0.3 is 23.0 Å². The van der Waals surface area contributed by atoms with Crippen molar-refractivity contribution in [1.82, 2.24) is 0 Å². The molecule has 0 aromatic heterocycles. The number of thioether (sulfide) groups is 2. The van der Waals surface area contributed by atoms with Crippen molar-refractivity contribution in [2.24, 2.45) is 0 Å². The summed E-state index contributed by atoms with van der Waals surface area (Å²) in [5.41, 5.74) is -20.4. The molecule has 0 atom stereocenters. The van der Waals surface area contributed by atoms with Crippen molar-refractivity contribution in [3.05, 3.63) is 137 Å². The standard InChI is InChI=1S/C34H11F13N4S2/c1-12-20(35)4-13(5-21(12)36)25-19(31(50-2)51-3)9-18-27(25)29(52-33(42,43)44)17-8-16(15(10-48)11-49)24(26(17)30(18)53-34(45,46)47)14-6-22(37)28(23(38)7-14)32(39,40)41/h4-7H,8-9H2,1H3. The minimum Gasteiger partial charge on any atom is -0.207 e. The molecule has 0 aliphatic heterocycles. The van der Waals surface area contributed by atoms with Gasteiger partial charge in [0.1, 0.15) is 59.7 Å². The summed E-state index contributed by atoms with van der Waals surface area (Å²) in [6.07, 6.45) is -7.62. The fourth-order valence-corrected chi connectivity index (χ4v) is 7.81. The molecule has 19 heteroatoms. The van der Waals surface area contributed by atoms with E-state index in [1.54, 1.807) is 0 Å². The summed E-state index contributed by atoms with van der Waals surface area (Å²) in [6, 6.07) is 4.09. The summed E-state index contributed by atoms with van der Waals surface area (Å²) in [5, 5.41) is 17.8. The smallest absolute Gasteiger partial charge is 0.207 e. The first kappa shape index (κ1) is 38.9. The second-order valence-corrected chi connectivity index (χ2v) is 13.2. The number of nitrogens with zero attached hydrogens (tertiary/aromatic N) is 4. The zero-order valence-electron chi connectivity index (χ0n) is 25.7. The van der Waals surface area contributed by atoms with Crippen LogP contribution in [0.15, 0.2) is 56.6 Å². The van der Waals surface area contributed by atoms with Gasteiger partial charge < -0.3 is 0 Å². The molecule has 0 radical (unpaired) electrons. The van der Waals surface area contributed by atoms with E-state index in [0.29, 0.717) is 12.1 Å². The molecule has 0 saturated heterocycles. The van der Waals surface area contributed by atoms with Crippen LogP contribution in [-0.2, 0) is 19.0 Å². The number of hydrogen-bond donors (Lipinski definition) is 0. The quantitative estimate of drug-likeness (QED) is 0.115. The Morgan fingerprint density at radius 3 is 1.40 bits per heavy atom. The molecule has 270 valence electrons. The lowest BCUT2D eigenvalue weighted by atomic mass is 9.94. The molecule has 4 nitrogen and oxygen atoms in total. The molecule has 3 aromatic rings. The molecule has 0 amide bonds. The van der Waals surface area contributed by atoms with Gasteiger partial charge in [0, 0.05) is 32.2 Å². The first-order valence-corrected chi connectivity index (χ1v) is 15.7. The lowest BCUT2D eigenvalue weighted by molar-refractivity contribution is -0.142. The third kappa shape index (κ3) is 7.07. The average molecular weight is 787 g/mol. The van der Waals surface area contributed by atoms with E-state index in [1.165, 1.54) is 12.1 Å². The number of allylic oxidation sites excluding steroid dienone is 3. The molecular weight excluding hydrogens is 776 g/mol. The van der Waals surface area contributed by atoms with Crippen molar-refractivity contribution < 1.29 is 57.1 Å². The Morgan fingerprint density at radius 1 is 0.660 bits per heavy atom. The zero-order chi connectivity index (χ0) is 39.5. The third-order valence-electron chi connectivity index (χ3n) is 8.04. The van der Waals surface area contributed by atoms with Gasteiger partial charge in [-0.05, 0) is 100 Å². The molecule has 5 rings (SSSR count). The van der Waals surface area contributed by atoms with Crippen LogP contribution in [0.4, 0.5) is 57.1 Å². The molecule has 0 heterocycles. The van der Waals surface area contributed by atoms with Gasteiger partial charge in [-0.25, -0.2) is 17.6 Å². The second kappa shape index (κ2) is 13.6. The minimum absolute atomic E-state index is 0.0331. The Balaban J connectivity index is 2.19. The summed E-state index contributed by atoms with van der Waals surface area (Å²) >= 11 is -1.95. The van der Waals surface area contributed by atoms with Crippen LogP contribution in [0.1, 0.15) is 33.4 Å². The maximum Gasteiger partial charge on any atom is 0.523 e. The number of benzene rings is 3. The van der Waals surface area contributed by atoms with Crippen LogP contribution in [-0.4, -0.2) is 11.0 Å². The maximum absolute atomic E-state index is 15.0. The van der Waals surface area contributed by atoms with Crippen molar-refractivity contribution in [1.29, 1.82) is 10.5 Å². The van der Waals surface area contributed by atoms with Crippen molar-refractivity contribution in [3.8, 4) is 12.1 Å². The molecule has 0 fully saturated rings. The average Bonchev–Trinajstić information content (AvgIpc) is 3.61. The predicted molar refractivity (Wildman–Crippen MR) is 163 cm³/mol. The first-order valence-electron chi connectivity index (χ1n) is 14.1. The van der Waals surface area contributed by atoms with E-state index < -0.39 is 164 Å². The van der Waals surface area contributed by atoms with Gasteiger partial charge in [-0.1, -0.05) is 0 Å². The lowest BCUT2D eigenvalue weighted by Crippen LogP contribution is -2.27. The summed E-state index contributed by atoms with van der Waals surface area (Å²) in [4.78, 5) is 4.00. The number of hydrogen-bond acceptors (Lipinski definition) is 4. The van der Waals surface area contributed by atoms with Gasteiger partial charge in [-0.15, -0.1) is 0 Å². The molecule has 0 N–H and O–H groups in total. The van der Waals surface area contributed by atoms with E-state index in [4.69, 9.17) is 13.1 Å². The molecule has 0 unspecified atom stereocenters. The Bertz CT molecular complexity index is 2440. The highest BCUT2D eigenvalue weighted by atomic mass is 32.2. The Morgan fingerprint density at radius 2 is 1.04 bits per heavy atom. The number of fused-ring (bicyclic) bond motifs is 2. The number of halogens is 13. The van der Waals surface area contributed by atoms with E-state index >= 15 is 0 Å². The summed E-state index contributed by atoms with van der Waals surface area (Å²) in [5.74, 6) is -8.01. The molecular formula is C34H11F13N4S2. The van der Waals surface area contributed by atoms with Gasteiger partial charge in [-0.3, -0.25) is 0 Å². The van der Waals surface area contributed by atoms with Gasteiger partial charge in [-0.2, -0.15) is 59.7 Å². The molecule has 2 aliphatic rings. The van der Waals surface area contributed by atoms with Crippen molar-refractivity contribution in [2.45, 2.75) is 46.7 Å². The fourth-order valence-electron chi connectivity index (χ4n) is 6.10. The van der Waals surface area contributed by atoms with Crippen LogP contribution < -0.4 is 10.4 Å². The molecule has 0 spiro atoms. The van der Waals surface area contributed by atoms with Gasteiger partial charge in [0.15, 0.2) is 0 Å². The van der Waals surface area contributed by atoms with E-state index in [0.717, 1.165) is 6.92 Å². The second-order valence-electron chi connectivity index (χ2n) is 11.0. The lowest BCUT2D eigenvalue weighted by Gasteiger charge is -2.18. The van der Waals surface area contributed by atoms with Crippen LogP contribution in [0.3, 0.4) is 0 Å². The number of rotatable bonds is 4. The van der Waals surface area contributed by atoms with Crippen LogP contribution in [0.5, 0.6) is 0 Å². The molecule has 3 aromatic carbocycles. The highest BCUT2D eigenvalue weighted by Crippen LogP contribution is 2.48. The highest BCUT2D eigenvalue weighted by Gasteiger charge is 2.44. The van der Waals surface area contributed by atoms with E-state index in [1.807, 2.05) is 0 Å². The van der Waals surface area contributed by atoms with Crippen molar-refractivity contribution in [2.75, 3.05) is 0 Å². The molecule has 0 bridgehead atoms. The van der Waals surface area contributed by atoms with E-state index in [9.17, 15) is 67.6 Å². The summed E-state index contributed by atoms with van der Waals surface area (Å²) < 4.78 is 187. The van der Waals surface area contributed by atoms with Crippen LogP contribution in [0.2, 0.25) is 0 Å². The SMILES string of the molecule is [C-]#[N+]C([N+]#[C-])=C1Cc2c(SC(F)(F)F)c3c(c(SC(F)(F)F)c2=C1c1cc(F)c(C)c(F)c1)CC(=C(C#N)C#N)C=3c1cc(F)c(C(F)(F)F)c(F)c1. The zero-order valence-corrected chi connectivity index (χ0v) is 27.4. The van der Waals surface area contributed by atoms with E-state index in [2.05, 4.69) is 9.69 Å². The Hall–Kier alpha value is -5.37. The van der Waals surface area contributed by atoms with Gasteiger partial charge in [0.05, 0.1) is 5.57 Å². The normalized spacial score (nSPS) is 14.0. The fraction of sp³-hybridized carbons (Fsp3) is 0.176. The van der Waals surface area contributed by atoms with E-state index in [-0.39, 0.29) is 12.1 Å². The molecule has 53 heavy (non-hydrogen) atoms.